The monoisotopic (exact) mass is 389 g/mol. The molecule has 0 saturated carbocycles. The van der Waals surface area contributed by atoms with Crippen LogP contribution in [0, 0.1) is 0 Å². The van der Waals surface area contributed by atoms with E-state index in [2.05, 4.69) is 51.3 Å². The molecule has 0 aliphatic carbocycles. The van der Waals surface area contributed by atoms with E-state index in [1.807, 2.05) is 0 Å². The predicted molar refractivity (Wildman–Crippen MR) is 101 cm³/mol. The molecule has 7 heteroatoms. The van der Waals surface area contributed by atoms with Gasteiger partial charge in [0, 0.05) is 18.6 Å². The van der Waals surface area contributed by atoms with E-state index in [1.165, 1.54) is 77.7 Å². The average molecular weight is 390 g/mol. The number of unbranched alkanes of at least 4 members (excludes halogenated alkanes) is 9. The van der Waals surface area contributed by atoms with Crippen molar-refractivity contribution in [3.05, 3.63) is 30.6 Å². The number of aromatic nitrogens is 1. The summed E-state index contributed by atoms with van der Waals surface area (Å²) in [6.45, 7) is 4.98. The Labute approximate surface area is 159 Å². The van der Waals surface area contributed by atoms with Crippen LogP contribution < -0.4 is 4.57 Å². The number of rotatable bonds is 14. The Bertz CT molecular complexity index is 508. The van der Waals surface area contributed by atoms with Crippen molar-refractivity contribution in [3.63, 3.8) is 0 Å². The molecule has 0 N–H and O–H groups in total. The van der Waals surface area contributed by atoms with E-state index < -0.39 is 10.4 Å². The van der Waals surface area contributed by atoms with Crippen molar-refractivity contribution in [3.8, 4) is 0 Å². The van der Waals surface area contributed by atoms with Crippen molar-refractivity contribution < 1.29 is 26.8 Å². The topological polar surface area (TPSA) is 79.5 Å². The van der Waals surface area contributed by atoms with Gasteiger partial charge in [0.2, 0.25) is 10.4 Å². The zero-order chi connectivity index (χ0) is 19.5. The molecule has 26 heavy (non-hydrogen) atoms. The number of pyridine rings is 1. The van der Waals surface area contributed by atoms with Crippen LogP contribution in [0.25, 0.3) is 0 Å². The highest BCUT2D eigenvalue weighted by Gasteiger charge is 1.97. The van der Waals surface area contributed by atoms with E-state index in [0.717, 1.165) is 0 Å². The molecule has 0 spiro atoms. The first kappa shape index (κ1) is 25.0. The molecule has 1 heterocycles. The molecular formula is C19H35NO5S. The normalized spacial score (nSPS) is 11.0. The minimum atomic E-state index is -4.66. The summed E-state index contributed by atoms with van der Waals surface area (Å²) in [7, 11) is -4.66. The molecule has 0 aliphatic rings. The summed E-state index contributed by atoms with van der Waals surface area (Å²) in [4.78, 5) is 3.80. The van der Waals surface area contributed by atoms with Gasteiger partial charge in [0.15, 0.2) is 12.4 Å². The lowest BCUT2D eigenvalue weighted by Crippen LogP contribution is -2.32. The summed E-state index contributed by atoms with van der Waals surface area (Å²) in [6, 6.07) is 6.29. The average Bonchev–Trinajstić information content (AvgIpc) is 2.62. The maximum atomic E-state index is 9.49. The van der Waals surface area contributed by atoms with E-state index >= 15 is 0 Å². The summed E-state index contributed by atoms with van der Waals surface area (Å²) < 4.78 is 34.0. The smallest absolute Gasteiger partial charge is 0.245 e. The third-order valence-electron chi connectivity index (χ3n) is 3.80. The zero-order valence-corrected chi connectivity index (χ0v) is 17.1. The second-order valence-corrected chi connectivity index (χ2v) is 7.13. The molecule has 0 aromatic carbocycles. The maximum absolute atomic E-state index is 9.49. The summed E-state index contributed by atoms with van der Waals surface area (Å²) in [5.74, 6) is 0. The summed E-state index contributed by atoms with van der Waals surface area (Å²) in [5, 5.41) is 0. The molecule has 0 fully saturated rings. The minimum Gasteiger partial charge on any atom is -0.724 e. The molecule has 152 valence electrons. The Hall–Kier alpha value is -1.02. The molecule has 0 bridgehead atoms. The fourth-order valence-corrected chi connectivity index (χ4v) is 2.69. The van der Waals surface area contributed by atoms with E-state index in [4.69, 9.17) is 0 Å². The van der Waals surface area contributed by atoms with Crippen LogP contribution >= 0.6 is 0 Å². The van der Waals surface area contributed by atoms with Crippen LogP contribution in [0.15, 0.2) is 30.6 Å². The molecular weight excluding hydrogens is 354 g/mol. The van der Waals surface area contributed by atoms with Crippen LogP contribution in [0.2, 0.25) is 0 Å². The largest absolute Gasteiger partial charge is 0.724 e. The molecule has 1 aromatic rings. The highest BCUT2D eigenvalue weighted by Crippen LogP contribution is 2.10. The van der Waals surface area contributed by atoms with Gasteiger partial charge in [-0.2, -0.15) is 0 Å². The molecule has 0 amide bonds. The van der Waals surface area contributed by atoms with Crippen molar-refractivity contribution in [1.29, 1.82) is 0 Å². The summed E-state index contributed by atoms with van der Waals surface area (Å²) in [6.07, 6.45) is 18.5. The SMILES string of the molecule is CCCCCCCCCCCC[n+]1ccccc1.CCOOS(=O)(=O)[O-]. The van der Waals surface area contributed by atoms with Crippen molar-refractivity contribution in [2.45, 2.75) is 84.6 Å². The molecule has 0 unspecified atom stereocenters. The Morgan fingerprint density at radius 1 is 0.808 bits per heavy atom. The van der Waals surface area contributed by atoms with Gasteiger partial charge in [-0.3, -0.25) is 0 Å². The van der Waals surface area contributed by atoms with E-state index in [9.17, 15) is 13.0 Å². The fraction of sp³-hybridized carbons (Fsp3) is 0.737. The Morgan fingerprint density at radius 3 is 1.73 bits per heavy atom. The first-order chi connectivity index (χ1) is 12.5. The van der Waals surface area contributed by atoms with Crippen molar-refractivity contribution in [1.82, 2.24) is 0 Å². The van der Waals surface area contributed by atoms with Gasteiger partial charge in [0.05, 0.1) is 6.61 Å². The first-order valence-corrected chi connectivity index (χ1v) is 11.0. The van der Waals surface area contributed by atoms with Gasteiger partial charge in [0.25, 0.3) is 0 Å². The van der Waals surface area contributed by atoms with E-state index in [-0.39, 0.29) is 6.61 Å². The van der Waals surface area contributed by atoms with Gasteiger partial charge in [-0.05, 0) is 13.3 Å². The Kier molecular flexibility index (Phi) is 16.7. The van der Waals surface area contributed by atoms with Crippen molar-refractivity contribution in [2.24, 2.45) is 0 Å². The van der Waals surface area contributed by atoms with Crippen LogP contribution in [-0.4, -0.2) is 19.6 Å². The van der Waals surface area contributed by atoms with Gasteiger partial charge in [-0.25, -0.2) is 17.9 Å². The van der Waals surface area contributed by atoms with Crippen LogP contribution in [0.4, 0.5) is 0 Å². The Balaban J connectivity index is 0.000000660. The summed E-state index contributed by atoms with van der Waals surface area (Å²) in [5.41, 5.74) is 0. The lowest BCUT2D eigenvalue weighted by molar-refractivity contribution is -0.697. The number of hydrogen-bond donors (Lipinski definition) is 0. The number of nitrogens with zero attached hydrogens (tertiary/aromatic N) is 1. The molecule has 0 saturated heterocycles. The third-order valence-corrected chi connectivity index (χ3v) is 4.06. The standard InChI is InChI=1S/C17H30N.C2H6O5S/c1-2-3-4-5-6-7-8-9-10-12-15-18-16-13-11-14-17-18;1-2-6-7-8(3,4)5/h11,13-14,16-17H,2-10,12,15H2,1H3;2H2,1H3,(H,3,4,5)/q+1;/p-1. The van der Waals surface area contributed by atoms with Crippen LogP contribution in [0.1, 0.15) is 78.1 Å². The molecule has 6 nitrogen and oxygen atoms in total. The second-order valence-electron chi connectivity index (χ2n) is 6.18. The molecule has 0 atom stereocenters. The maximum Gasteiger partial charge on any atom is 0.245 e. The minimum absolute atomic E-state index is 0.0292. The van der Waals surface area contributed by atoms with E-state index in [0.29, 0.717) is 0 Å². The van der Waals surface area contributed by atoms with Gasteiger partial charge >= 0.3 is 0 Å². The van der Waals surface area contributed by atoms with Gasteiger partial charge in [0.1, 0.15) is 6.54 Å². The van der Waals surface area contributed by atoms with Crippen LogP contribution in [-0.2, 0) is 26.2 Å². The highest BCUT2D eigenvalue weighted by atomic mass is 32.3. The zero-order valence-electron chi connectivity index (χ0n) is 16.3. The van der Waals surface area contributed by atoms with Gasteiger partial charge in [-0.1, -0.05) is 64.4 Å². The molecule has 1 rings (SSSR count). The number of hydrogen-bond acceptors (Lipinski definition) is 5. The lowest BCUT2D eigenvalue weighted by atomic mass is 10.1. The van der Waals surface area contributed by atoms with Crippen LogP contribution in [0.3, 0.4) is 0 Å². The predicted octanol–water partition coefficient (Wildman–Crippen LogP) is 4.31. The Morgan fingerprint density at radius 2 is 1.31 bits per heavy atom. The number of aryl methyl sites for hydroxylation is 1. The first-order valence-electron chi connectivity index (χ1n) is 9.70. The fourth-order valence-electron chi connectivity index (χ4n) is 2.47. The van der Waals surface area contributed by atoms with Gasteiger partial charge in [-0.15, -0.1) is 4.33 Å². The van der Waals surface area contributed by atoms with Crippen molar-refractivity contribution >= 4 is 10.4 Å². The summed E-state index contributed by atoms with van der Waals surface area (Å²) >= 11 is 0. The second kappa shape index (κ2) is 17.4. The highest BCUT2D eigenvalue weighted by molar-refractivity contribution is 7.80. The van der Waals surface area contributed by atoms with Crippen molar-refractivity contribution in [2.75, 3.05) is 6.61 Å². The van der Waals surface area contributed by atoms with Gasteiger partial charge < -0.3 is 4.55 Å². The third kappa shape index (κ3) is 19.3. The van der Waals surface area contributed by atoms with Crippen LogP contribution in [0.5, 0.6) is 0 Å². The molecule has 0 radical (unpaired) electrons. The molecule has 1 aromatic heterocycles. The van der Waals surface area contributed by atoms with E-state index in [1.54, 1.807) is 0 Å². The lowest BCUT2D eigenvalue weighted by Gasteiger charge is -2.02. The molecule has 0 aliphatic heterocycles. The quantitative estimate of drug-likeness (QED) is 0.118.